The van der Waals surface area contributed by atoms with E-state index in [-0.39, 0.29) is 24.1 Å². The summed E-state index contributed by atoms with van der Waals surface area (Å²) in [7, 11) is 1.69. The smallest absolute Gasteiger partial charge is 0.325 e. The fourth-order valence-electron chi connectivity index (χ4n) is 2.64. The van der Waals surface area contributed by atoms with Crippen LogP contribution in [-0.2, 0) is 4.79 Å². The van der Waals surface area contributed by atoms with Crippen LogP contribution in [0.4, 0.5) is 4.79 Å². The lowest BCUT2D eigenvalue weighted by Gasteiger charge is -2.35. The number of hydrogen-bond donors (Lipinski definition) is 2. The Kier molecular flexibility index (Phi) is 5.03. The molecule has 2 aliphatic rings. The second-order valence-electron chi connectivity index (χ2n) is 5.55. The lowest BCUT2D eigenvalue weighted by atomic mass is 10.1. The third kappa shape index (κ3) is 3.11. The molecule has 21 heavy (non-hydrogen) atoms. The predicted molar refractivity (Wildman–Crippen MR) is 80.8 cm³/mol. The molecule has 2 N–H and O–H groups in total. The molecular weight excluding hydrogens is 270 g/mol. The van der Waals surface area contributed by atoms with Gasteiger partial charge in [0.25, 0.3) is 5.91 Å². The highest BCUT2D eigenvalue weighted by Gasteiger charge is 2.49. The molecule has 2 fully saturated rings. The summed E-state index contributed by atoms with van der Waals surface area (Å²) in [4.78, 5) is 32.0. The highest BCUT2D eigenvalue weighted by molar-refractivity contribution is 6.04. The van der Waals surface area contributed by atoms with Crippen molar-refractivity contribution in [2.45, 2.75) is 51.7 Å². The van der Waals surface area contributed by atoms with E-state index in [0.29, 0.717) is 0 Å². The molecule has 2 heterocycles. The van der Waals surface area contributed by atoms with E-state index in [1.54, 1.807) is 7.05 Å². The Morgan fingerprint density at radius 1 is 1.19 bits per heavy atom. The van der Waals surface area contributed by atoms with Crippen LogP contribution in [0.2, 0.25) is 0 Å². The lowest BCUT2D eigenvalue weighted by Crippen LogP contribution is -2.64. The van der Waals surface area contributed by atoms with Crippen molar-refractivity contribution in [1.29, 1.82) is 0 Å². The average molecular weight is 295 g/mol. The molecule has 0 aromatic heterocycles. The number of guanidine groups is 1. The van der Waals surface area contributed by atoms with Crippen molar-refractivity contribution in [1.82, 2.24) is 20.4 Å². The molecule has 0 bridgehead atoms. The van der Waals surface area contributed by atoms with Crippen molar-refractivity contribution in [3.63, 3.8) is 0 Å². The van der Waals surface area contributed by atoms with Crippen LogP contribution < -0.4 is 10.6 Å². The predicted octanol–water partition coefficient (Wildman–Crippen LogP) is 0.724. The van der Waals surface area contributed by atoms with Crippen molar-refractivity contribution in [3.8, 4) is 0 Å². The molecule has 2 saturated heterocycles. The Balaban J connectivity index is 2.20. The third-order valence-electron chi connectivity index (χ3n) is 3.95. The van der Waals surface area contributed by atoms with Crippen LogP contribution in [0, 0.1) is 0 Å². The Morgan fingerprint density at radius 3 is 2.57 bits per heavy atom. The standard InChI is InChI=1S/C14H25N5O2/c1-4-6-8-15-13-16-11-10(19(13)9-7-5-2)12(20)17-14(21)18(11)3/h10-11H,4-9H2,1-3H3,(H,15,16)(H,17,20,21). The average Bonchev–Trinajstić information content (AvgIpc) is 2.82. The van der Waals surface area contributed by atoms with Gasteiger partial charge < -0.3 is 15.1 Å². The summed E-state index contributed by atoms with van der Waals surface area (Å²) in [5.74, 6) is 0.496. The fraction of sp³-hybridized carbons (Fsp3) is 0.786. The van der Waals surface area contributed by atoms with Crippen molar-refractivity contribution >= 4 is 17.9 Å². The number of aliphatic imine (C=N–C) groups is 1. The topological polar surface area (TPSA) is 77.0 Å². The van der Waals surface area contributed by atoms with Gasteiger partial charge in [-0.25, -0.2) is 4.79 Å². The Bertz CT molecular complexity index is 437. The van der Waals surface area contributed by atoms with Gasteiger partial charge in [0.15, 0.2) is 12.0 Å². The largest absolute Gasteiger partial charge is 0.334 e. The first-order valence-corrected chi connectivity index (χ1v) is 7.75. The molecule has 2 rings (SSSR count). The number of fused-ring (bicyclic) bond motifs is 1. The van der Waals surface area contributed by atoms with Gasteiger partial charge >= 0.3 is 6.03 Å². The number of amides is 3. The quantitative estimate of drug-likeness (QED) is 0.708. The number of likely N-dealkylation sites (N-methyl/N-ethyl adjacent to an activating group) is 1. The minimum Gasteiger partial charge on any atom is -0.334 e. The molecule has 2 atom stereocenters. The molecule has 118 valence electrons. The lowest BCUT2D eigenvalue weighted by molar-refractivity contribution is -0.127. The maximum absolute atomic E-state index is 12.2. The molecule has 0 aromatic rings. The number of nitrogens with zero attached hydrogens (tertiary/aromatic N) is 3. The van der Waals surface area contributed by atoms with E-state index in [9.17, 15) is 9.59 Å². The summed E-state index contributed by atoms with van der Waals surface area (Å²) < 4.78 is 0. The molecular formula is C14H25N5O2. The zero-order valence-corrected chi connectivity index (χ0v) is 13.1. The third-order valence-corrected chi connectivity index (χ3v) is 3.95. The molecule has 0 spiro atoms. The SMILES string of the molecule is CCCCN=C1NC2C(C(=O)NC(=O)N2C)N1CCCC. The van der Waals surface area contributed by atoms with Gasteiger partial charge in [0.1, 0.15) is 6.17 Å². The van der Waals surface area contributed by atoms with Crippen molar-refractivity contribution in [2.24, 2.45) is 4.99 Å². The summed E-state index contributed by atoms with van der Waals surface area (Å²) in [6.07, 6.45) is 3.80. The first-order valence-electron chi connectivity index (χ1n) is 7.75. The number of carbonyl (C=O) groups excluding carboxylic acids is 2. The maximum Gasteiger partial charge on any atom is 0.325 e. The van der Waals surface area contributed by atoms with Crippen LogP contribution in [0.25, 0.3) is 0 Å². The van der Waals surface area contributed by atoms with E-state index in [1.807, 2.05) is 4.90 Å². The van der Waals surface area contributed by atoms with Gasteiger partial charge in [-0.15, -0.1) is 0 Å². The first kappa shape index (κ1) is 15.6. The zero-order chi connectivity index (χ0) is 15.4. The normalized spacial score (nSPS) is 26.9. The maximum atomic E-state index is 12.2. The fourth-order valence-corrected chi connectivity index (χ4v) is 2.64. The molecule has 0 radical (unpaired) electrons. The Labute approximate surface area is 125 Å². The number of hydrogen-bond acceptors (Lipinski definition) is 3. The molecule has 3 amide bonds. The van der Waals surface area contributed by atoms with Gasteiger partial charge in [-0.05, 0) is 12.8 Å². The van der Waals surface area contributed by atoms with Crippen LogP contribution in [-0.4, -0.2) is 60.0 Å². The van der Waals surface area contributed by atoms with E-state index in [4.69, 9.17) is 0 Å². The van der Waals surface area contributed by atoms with Crippen molar-refractivity contribution in [3.05, 3.63) is 0 Å². The number of rotatable bonds is 6. The second-order valence-corrected chi connectivity index (χ2v) is 5.55. The van der Waals surface area contributed by atoms with Crippen LogP contribution >= 0.6 is 0 Å². The molecule has 0 aliphatic carbocycles. The van der Waals surface area contributed by atoms with Gasteiger partial charge in [0, 0.05) is 20.1 Å². The number of unbranched alkanes of at least 4 members (excludes halogenated alkanes) is 2. The van der Waals surface area contributed by atoms with E-state index in [0.717, 1.165) is 44.7 Å². The highest BCUT2D eigenvalue weighted by atomic mass is 16.2. The molecule has 2 aliphatic heterocycles. The molecule has 0 aromatic carbocycles. The van der Waals surface area contributed by atoms with Crippen molar-refractivity contribution < 1.29 is 9.59 Å². The van der Waals surface area contributed by atoms with Crippen LogP contribution in [0.1, 0.15) is 39.5 Å². The van der Waals surface area contributed by atoms with E-state index < -0.39 is 0 Å². The van der Waals surface area contributed by atoms with E-state index >= 15 is 0 Å². The summed E-state index contributed by atoms with van der Waals surface area (Å²) in [5, 5.41) is 5.65. The number of nitrogens with one attached hydrogen (secondary N) is 2. The summed E-state index contributed by atoms with van der Waals surface area (Å²) in [5.41, 5.74) is 0. The summed E-state index contributed by atoms with van der Waals surface area (Å²) >= 11 is 0. The molecule has 7 heteroatoms. The zero-order valence-electron chi connectivity index (χ0n) is 13.1. The van der Waals surface area contributed by atoms with E-state index in [2.05, 4.69) is 29.5 Å². The first-order chi connectivity index (χ1) is 10.1. The second kappa shape index (κ2) is 6.78. The van der Waals surface area contributed by atoms with Gasteiger partial charge in [0.05, 0.1) is 0 Å². The Hall–Kier alpha value is -1.79. The van der Waals surface area contributed by atoms with Crippen molar-refractivity contribution in [2.75, 3.05) is 20.1 Å². The number of carbonyl (C=O) groups is 2. The molecule has 0 saturated carbocycles. The van der Waals surface area contributed by atoms with Gasteiger partial charge in [-0.3, -0.25) is 15.1 Å². The number of imide groups is 1. The van der Waals surface area contributed by atoms with E-state index in [1.165, 1.54) is 4.90 Å². The highest BCUT2D eigenvalue weighted by Crippen LogP contribution is 2.21. The van der Waals surface area contributed by atoms with Gasteiger partial charge in [-0.1, -0.05) is 26.7 Å². The van der Waals surface area contributed by atoms with Gasteiger partial charge in [0.2, 0.25) is 0 Å². The van der Waals surface area contributed by atoms with Crippen LogP contribution in [0.3, 0.4) is 0 Å². The minimum absolute atomic E-state index is 0.243. The Morgan fingerprint density at radius 2 is 1.90 bits per heavy atom. The van der Waals surface area contributed by atoms with Crippen LogP contribution in [0.5, 0.6) is 0 Å². The summed E-state index contributed by atoms with van der Waals surface area (Å²) in [6.45, 7) is 5.74. The monoisotopic (exact) mass is 295 g/mol. The van der Waals surface area contributed by atoms with Gasteiger partial charge in [-0.2, -0.15) is 0 Å². The summed E-state index contributed by atoms with van der Waals surface area (Å²) in [6, 6.07) is -0.751. The number of urea groups is 1. The van der Waals surface area contributed by atoms with Crippen LogP contribution in [0.15, 0.2) is 4.99 Å². The molecule has 2 unspecified atom stereocenters. The molecule has 7 nitrogen and oxygen atoms in total. The minimum atomic E-state index is -0.389.